The fraction of sp³-hybridized carbons (Fsp3) is 0.273. The molecule has 29 heavy (non-hydrogen) atoms. The van der Waals surface area contributed by atoms with Gasteiger partial charge in [-0.3, -0.25) is 15.2 Å². The maximum Gasteiger partial charge on any atom is 0.161 e. The van der Waals surface area contributed by atoms with Crippen molar-refractivity contribution in [2.45, 2.75) is 32.6 Å². The summed E-state index contributed by atoms with van der Waals surface area (Å²) >= 11 is 0. The van der Waals surface area contributed by atoms with Gasteiger partial charge in [-0.25, -0.2) is 4.99 Å². The lowest BCUT2D eigenvalue weighted by Crippen LogP contribution is -2.08. The number of hydrogen-bond acceptors (Lipinski definition) is 5. The van der Waals surface area contributed by atoms with Crippen molar-refractivity contribution in [3.8, 4) is 0 Å². The van der Waals surface area contributed by atoms with Crippen molar-refractivity contribution >= 4 is 34.0 Å². The van der Waals surface area contributed by atoms with Crippen LogP contribution in [-0.4, -0.2) is 38.5 Å². The molecule has 7 heteroatoms. The van der Waals surface area contributed by atoms with Crippen LogP contribution in [0.5, 0.6) is 0 Å². The molecule has 0 saturated carbocycles. The van der Waals surface area contributed by atoms with Crippen LogP contribution in [0.1, 0.15) is 36.9 Å². The van der Waals surface area contributed by atoms with E-state index in [1.807, 2.05) is 37.4 Å². The minimum Gasteiger partial charge on any atom is -0.323 e. The topological polar surface area (TPSA) is 94.1 Å². The van der Waals surface area contributed by atoms with E-state index in [0.29, 0.717) is 6.54 Å². The van der Waals surface area contributed by atoms with Crippen molar-refractivity contribution in [2.24, 2.45) is 9.98 Å². The van der Waals surface area contributed by atoms with Gasteiger partial charge in [0.25, 0.3) is 0 Å². The molecule has 0 spiro atoms. The maximum absolute atomic E-state index is 5.06. The van der Waals surface area contributed by atoms with Gasteiger partial charge >= 0.3 is 0 Å². The monoisotopic (exact) mass is 385 g/mol. The zero-order valence-corrected chi connectivity index (χ0v) is 16.4. The molecule has 3 heterocycles. The number of rotatable bonds is 4. The molecule has 1 aromatic carbocycles. The second kappa shape index (κ2) is 7.50. The van der Waals surface area contributed by atoms with Gasteiger partial charge in [0.2, 0.25) is 0 Å². The standard InChI is InChI=1S/C22H23N7/c1-14-18(13-24-27-14)21(15-6-3-2-4-7-15)25-16-9-10-19-17(12-16)22(29-28-19)26-20-8-5-11-23-20/h5-6,8-10,12-13H,2-4,7,11H2,1H3,(H,24,27)(H2,23,26,28,29). The van der Waals surface area contributed by atoms with Gasteiger partial charge in [-0.1, -0.05) is 12.2 Å². The quantitative estimate of drug-likeness (QED) is 0.573. The predicted molar refractivity (Wildman–Crippen MR) is 117 cm³/mol. The summed E-state index contributed by atoms with van der Waals surface area (Å²) in [4.78, 5) is 9.45. The first-order chi connectivity index (χ1) is 14.3. The first kappa shape index (κ1) is 17.6. The Bertz CT molecular complexity index is 1170. The molecule has 2 aliphatic rings. The van der Waals surface area contributed by atoms with E-state index in [1.165, 1.54) is 18.4 Å². The van der Waals surface area contributed by atoms with Crippen LogP contribution < -0.4 is 5.32 Å². The molecule has 0 radical (unpaired) electrons. The van der Waals surface area contributed by atoms with Crippen molar-refractivity contribution in [2.75, 3.05) is 11.9 Å². The molecule has 2 aromatic heterocycles. The van der Waals surface area contributed by atoms with Crippen LogP contribution in [0.4, 0.5) is 11.5 Å². The fourth-order valence-electron chi connectivity index (χ4n) is 3.81. The van der Waals surface area contributed by atoms with Gasteiger partial charge in [0, 0.05) is 16.6 Å². The highest BCUT2D eigenvalue weighted by Crippen LogP contribution is 2.29. The van der Waals surface area contributed by atoms with E-state index >= 15 is 0 Å². The van der Waals surface area contributed by atoms with E-state index in [1.54, 1.807) is 0 Å². The molecule has 1 aliphatic carbocycles. The van der Waals surface area contributed by atoms with E-state index in [2.05, 4.69) is 42.8 Å². The van der Waals surface area contributed by atoms with Gasteiger partial charge in [0.1, 0.15) is 5.84 Å². The number of anilines is 1. The van der Waals surface area contributed by atoms with Gasteiger partial charge < -0.3 is 5.32 Å². The molecule has 1 aliphatic heterocycles. The Morgan fingerprint density at radius 1 is 1.21 bits per heavy atom. The van der Waals surface area contributed by atoms with Crippen LogP contribution in [-0.2, 0) is 0 Å². The first-order valence-corrected chi connectivity index (χ1v) is 10.0. The molecule has 0 atom stereocenters. The minimum atomic E-state index is 0.711. The van der Waals surface area contributed by atoms with E-state index in [0.717, 1.165) is 58.1 Å². The van der Waals surface area contributed by atoms with E-state index in [9.17, 15) is 0 Å². The average Bonchev–Trinajstić information content (AvgIpc) is 3.50. The molecule has 0 unspecified atom stereocenters. The van der Waals surface area contributed by atoms with Crippen molar-refractivity contribution in [3.05, 3.63) is 59.5 Å². The van der Waals surface area contributed by atoms with Gasteiger partial charge in [0.05, 0.1) is 29.7 Å². The Labute approximate surface area is 168 Å². The van der Waals surface area contributed by atoms with Crippen LogP contribution in [0.3, 0.4) is 0 Å². The summed E-state index contributed by atoms with van der Waals surface area (Å²) in [6.07, 6.45) is 12.8. The second-order valence-electron chi connectivity index (χ2n) is 7.40. The Morgan fingerprint density at radius 2 is 2.17 bits per heavy atom. The highest BCUT2D eigenvalue weighted by Gasteiger charge is 2.17. The molecule has 0 fully saturated rings. The molecule has 0 bridgehead atoms. The Hall–Kier alpha value is -3.48. The van der Waals surface area contributed by atoms with Crippen LogP contribution >= 0.6 is 0 Å². The average molecular weight is 385 g/mol. The number of fused-ring (bicyclic) bond motifs is 1. The number of nitrogens with zero attached hydrogens (tertiary/aromatic N) is 4. The summed E-state index contributed by atoms with van der Waals surface area (Å²) < 4.78 is 0. The molecule has 146 valence electrons. The van der Waals surface area contributed by atoms with Gasteiger partial charge in [-0.2, -0.15) is 10.2 Å². The van der Waals surface area contributed by atoms with Crippen LogP contribution in [0, 0.1) is 6.92 Å². The molecule has 7 nitrogen and oxygen atoms in total. The SMILES string of the molecule is Cc1[nH]ncc1C(=Nc1ccc2[nH]nc(NC3=NCC=C3)c2c1)C1=CCCCC1. The molecule has 3 aromatic rings. The van der Waals surface area contributed by atoms with Gasteiger partial charge in [0.15, 0.2) is 5.82 Å². The van der Waals surface area contributed by atoms with Gasteiger partial charge in [-0.05, 0) is 62.5 Å². The zero-order valence-electron chi connectivity index (χ0n) is 16.4. The normalized spacial score (nSPS) is 16.9. The summed E-state index contributed by atoms with van der Waals surface area (Å²) in [5, 5.41) is 19.0. The van der Waals surface area contributed by atoms with E-state index in [4.69, 9.17) is 4.99 Å². The van der Waals surface area contributed by atoms with Crippen LogP contribution in [0.2, 0.25) is 0 Å². The van der Waals surface area contributed by atoms with Crippen LogP contribution in [0.25, 0.3) is 10.9 Å². The summed E-state index contributed by atoms with van der Waals surface area (Å²) in [5.74, 6) is 1.59. The summed E-state index contributed by atoms with van der Waals surface area (Å²) in [7, 11) is 0. The number of aromatic amines is 2. The van der Waals surface area contributed by atoms with Crippen molar-refractivity contribution in [3.63, 3.8) is 0 Å². The lowest BCUT2D eigenvalue weighted by molar-refractivity contribution is 0.717. The maximum atomic E-state index is 5.06. The highest BCUT2D eigenvalue weighted by molar-refractivity contribution is 6.14. The Balaban J connectivity index is 1.57. The lowest BCUT2D eigenvalue weighted by atomic mass is 9.92. The third kappa shape index (κ3) is 3.51. The van der Waals surface area contributed by atoms with Crippen molar-refractivity contribution in [1.29, 1.82) is 0 Å². The molecule has 5 rings (SSSR count). The number of allylic oxidation sites excluding steroid dienone is 2. The van der Waals surface area contributed by atoms with Gasteiger partial charge in [-0.15, -0.1) is 0 Å². The fourth-order valence-corrected chi connectivity index (χ4v) is 3.81. The molecule has 3 N–H and O–H groups in total. The summed E-state index contributed by atoms with van der Waals surface area (Å²) in [5.41, 5.74) is 6.27. The van der Waals surface area contributed by atoms with E-state index in [-0.39, 0.29) is 0 Å². The summed E-state index contributed by atoms with van der Waals surface area (Å²) in [6, 6.07) is 6.11. The molecular formula is C22H23N7. The van der Waals surface area contributed by atoms with E-state index < -0.39 is 0 Å². The summed E-state index contributed by atoms with van der Waals surface area (Å²) in [6.45, 7) is 2.75. The zero-order chi connectivity index (χ0) is 19.6. The van der Waals surface area contributed by atoms with Crippen LogP contribution in [0.15, 0.2) is 58.2 Å². The number of hydrogen-bond donors (Lipinski definition) is 3. The second-order valence-corrected chi connectivity index (χ2v) is 7.40. The molecule has 0 amide bonds. The molecule has 0 saturated heterocycles. The predicted octanol–water partition coefficient (Wildman–Crippen LogP) is 4.60. The van der Waals surface area contributed by atoms with Crippen molar-refractivity contribution < 1.29 is 0 Å². The smallest absolute Gasteiger partial charge is 0.161 e. The Kier molecular flexibility index (Phi) is 4.56. The number of aromatic nitrogens is 4. The Morgan fingerprint density at radius 3 is 2.93 bits per heavy atom. The third-order valence-corrected chi connectivity index (χ3v) is 5.36. The number of H-pyrrole nitrogens is 2. The van der Waals surface area contributed by atoms with Crippen molar-refractivity contribution in [1.82, 2.24) is 20.4 Å². The largest absolute Gasteiger partial charge is 0.323 e. The number of nitrogens with one attached hydrogen (secondary N) is 3. The highest BCUT2D eigenvalue weighted by atomic mass is 15.2. The molecular weight excluding hydrogens is 362 g/mol. The number of aliphatic imine (C=N–C) groups is 2. The minimum absolute atomic E-state index is 0.711. The number of benzene rings is 1. The first-order valence-electron chi connectivity index (χ1n) is 10.0. The number of amidine groups is 1. The lowest BCUT2D eigenvalue weighted by Gasteiger charge is -2.15. The number of aryl methyl sites for hydroxylation is 1. The third-order valence-electron chi connectivity index (χ3n) is 5.36.